The number of aryl methyl sites for hydroxylation is 2. The summed E-state index contributed by atoms with van der Waals surface area (Å²) in [5.74, 6) is 1.45. The van der Waals surface area contributed by atoms with Crippen molar-refractivity contribution >= 4 is 6.03 Å². The highest BCUT2D eigenvalue weighted by atomic mass is 16.5. The minimum atomic E-state index is -0.105. The van der Waals surface area contributed by atoms with Gasteiger partial charge in [0.2, 0.25) is 5.88 Å². The van der Waals surface area contributed by atoms with Gasteiger partial charge in [0.05, 0.1) is 24.9 Å². The highest BCUT2D eigenvalue weighted by Crippen LogP contribution is 2.26. The first kappa shape index (κ1) is 16.6. The molecule has 1 aliphatic carbocycles. The molecule has 124 valence electrons. The van der Waals surface area contributed by atoms with Crippen molar-refractivity contribution in [1.82, 2.24) is 20.4 Å². The van der Waals surface area contributed by atoms with Gasteiger partial charge < -0.3 is 15.4 Å². The van der Waals surface area contributed by atoms with Gasteiger partial charge in [0.25, 0.3) is 0 Å². The van der Waals surface area contributed by atoms with Gasteiger partial charge in [0.1, 0.15) is 0 Å². The molecule has 6 heteroatoms. The molecule has 0 aromatic carbocycles. The number of rotatable bonds is 5. The third kappa shape index (κ3) is 3.93. The van der Waals surface area contributed by atoms with Crippen molar-refractivity contribution < 1.29 is 9.53 Å². The Kier molecular flexibility index (Phi) is 5.69. The Morgan fingerprint density at radius 1 is 1.45 bits per heavy atom. The summed E-state index contributed by atoms with van der Waals surface area (Å²) in [6, 6.07) is 0.197. The van der Waals surface area contributed by atoms with Gasteiger partial charge in [-0.05, 0) is 25.7 Å². The molecule has 1 heterocycles. The predicted molar refractivity (Wildman–Crippen MR) is 85.9 cm³/mol. The molecule has 1 aromatic heterocycles. The Hall–Kier alpha value is -1.72. The van der Waals surface area contributed by atoms with Crippen LogP contribution in [0.1, 0.15) is 50.3 Å². The molecular formula is C16H28N4O2. The van der Waals surface area contributed by atoms with Gasteiger partial charge in [-0.2, -0.15) is 5.10 Å². The summed E-state index contributed by atoms with van der Waals surface area (Å²) in [4.78, 5) is 12.1. The van der Waals surface area contributed by atoms with Crippen LogP contribution in [-0.4, -0.2) is 29.0 Å². The van der Waals surface area contributed by atoms with E-state index in [4.69, 9.17) is 4.74 Å². The molecule has 0 radical (unpaired) electrons. The summed E-state index contributed by atoms with van der Waals surface area (Å²) in [6.07, 6.45) is 5.88. The molecule has 1 aliphatic rings. The van der Waals surface area contributed by atoms with E-state index < -0.39 is 0 Å². The Morgan fingerprint density at radius 3 is 2.91 bits per heavy atom. The summed E-state index contributed by atoms with van der Waals surface area (Å²) in [7, 11) is 3.45. The predicted octanol–water partition coefficient (Wildman–Crippen LogP) is 2.51. The second-order valence-electron chi connectivity index (χ2n) is 6.16. The van der Waals surface area contributed by atoms with Crippen molar-refractivity contribution in [1.29, 1.82) is 0 Å². The van der Waals surface area contributed by atoms with Crippen LogP contribution < -0.4 is 15.4 Å². The van der Waals surface area contributed by atoms with Gasteiger partial charge in [0, 0.05) is 13.1 Å². The van der Waals surface area contributed by atoms with Gasteiger partial charge in [-0.3, -0.25) is 0 Å². The zero-order valence-corrected chi connectivity index (χ0v) is 14.1. The summed E-state index contributed by atoms with van der Waals surface area (Å²) in [5.41, 5.74) is 1.80. The van der Waals surface area contributed by atoms with Crippen LogP contribution in [0.3, 0.4) is 0 Å². The van der Waals surface area contributed by atoms with Gasteiger partial charge in [-0.25, -0.2) is 9.48 Å². The molecule has 0 saturated heterocycles. The summed E-state index contributed by atoms with van der Waals surface area (Å²) in [6.45, 7) is 4.58. The third-order valence-corrected chi connectivity index (χ3v) is 4.60. The minimum absolute atomic E-state index is 0.105. The third-order valence-electron chi connectivity index (χ3n) is 4.60. The molecular weight excluding hydrogens is 280 g/mol. The lowest BCUT2D eigenvalue weighted by atomic mass is 9.84. The normalized spacial score (nSPS) is 21.5. The quantitative estimate of drug-likeness (QED) is 0.878. The van der Waals surface area contributed by atoms with E-state index in [1.165, 1.54) is 19.3 Å². The molecule has 2 atom stereocenters. The van der Waals surface area contributed by atoms with Crippen LogP contribution in [-0.2, 0) is 13.6 Å². The fourth-order valence-electron chi connectivity index (χ4n) is 3.34. The Labute approximate surface area is 132 Å². The monoisotopic (exact) mass is 308 g/mol. The summed E-state index contributed by atoms with van der Waals surface area (Å²) in [5, 5.41) is 10.3. The van der Waals surface area contributed by atoms with Gasteiger partial charge in [-0.15, -0.1) is 0 Å². The van der Waals surface area contributed by atoms with Crippen molar-refractivity contribution in [3.8, 4) is 5.88 Å². The van der Waals surface area contributed by atoms with E-state index in [0.717, 1.165) is 30.0 Å². The number of nitrogens with zero attached hydrogens (tertiary/aromatic N) is 2. The number of methoxy groups -OCH3 is 1. The highest BCUT2D eigenvalue weighted by Gasteiger charge is 2.22. The first-order valence-corrected chi connectivity index (χ1v) is 8.16. The maximum Gasteiger partial charge on any atom is 0.315 e. The van der Waals surface area contributed by atoms with Crippen LogP contribution >= 0.6 is 0 Å². The second kappa shape index (κ2) is 7.51. The van der Waals surface area contributed by atoms with E-state index in [1.807, 2.05) is 14.0 Å². The number of nitrogens with one attached hydrogen (secondary N) is 2. The van der Waals surface area contributed by atoms with Gasteiger partial charge >= 0.3 is 6.03 Å². The molecule has 2 amide bonds. The zero-order valence-electron chi connectivity index (χ0n) is 14.1. The second-order valence-corrected chi connectivity index (χ2v) is 6.16. The Morgan fingerprint density at radius 2 is 2.23 bits per heavy atom. The standard InChI is InChI=1S/C16H28N4O2/c1-5-12-7-6-8-13(9-12)18-16(21)17-10-14-11(2)19-20(3)15(14)22-4/h12-13H,5-10H2,1-4H3,(H2,17,18,21)/t12-,13+/m0/s1. The summed E-state index contributed by atoms with van der Waals surface area (Å²) >= 11 is 0. The van der Waals surface area contributed by atoms with Crippen LogP contribution in [0.15, 0.2) is 0 Å². The van der Waals surface area contributed by atoms with Crippen molar-refractivity contribution in [3.63, 3.8) is 0 Å². The van der Waals surface area contributed by atoms with E-state index in [0.29, 0.717) is 18.5 Å². The van der Waals surface area contributed by atoms with E-state index in [2.05, 4.69) is 22.7 Å². The SMILES string of the molecule is CC[C@H]1CCC[C@@H](NC(=O)NCc2c(C)nn(C)c2OC)C1. The number of hydrogen-bond acceptors (Lipinski definition) is 3. The number of carbonyl (C=O) groups excluding carboxylic acids is 1. The van der Waals surface area contributed by atoms with E-state index in [-0.39, 0.29) is 6.03 Å². The molecule has 1 fully saturated rings. The number of hydrogen-bond donors (Lipinski definition) is 2. The smallest absolute Gasteiger partial charge is 0.315 e. The van der Waals surface area contributed by atoms with E-state index in [9.17, 15) is 4.79 Å². The van der Waals surface area contributed by atoms with Crippen molar-refractivity contribution in [3.05, 3.63) is 11.3 Å². The minimum Gasteiger partial charge on any atom is -0.481 e. The number of aromatic nitrogens is 2. The van der Waals surface area contributed by atoms with Crippen LogP contribution in [0.25, 0.3) is 0 Å². The first-order valence-electron chi connectivity index (χ1n) is 8.16. The lowest BCUT2D eigenvalue weighted by Crippen LogP contribution is -2.43. The summed E-state index contributed by atoms with van der Waals surface area (Å²) < 4.78 is 7.03. The van der Waals surface area contributed by atoms with Crippen LogP contribution in [0, 0.1) is 12.8 Å². The fraction of sp³-hybridized carbons (Fsp3) is 0.750. The molecule has 0 unspecified atom stereocenters. The van der Waals surface area contributed by atoms with Crippen molar-refractivity contribution in [2.75, 3.05) is 7.11 Å². The average molecular weight is 308 g/mol. The lowest BCUT2D eigenvalue weighted by molar-refractivity contribution is 0.224. The average Bonchev–Trinajstić information content (AvgIpc) is 2.78. The number of urea groups is 1. The lowest BCUT2D eigenvalue weighted by Gasteiger charge is -2.29. The first-order chi connectivity index (χ1) is 10.5. The highest BCUT2D eigenvalue weighted by molar-refractivity contribution is 5.74. The maximum absolute atomic E-state index is 12.1. The van der Waals surface area contributed by atoms with E-state index in [1.54, 1.807) is 11.8 Å². The molecule has 1 saturated carbocycles. The Bertz CT molecular complexity index is 512. The molecule has 0 bridgehead atoms. The van der Waals surface area contributed by atoms with Gasteiger partial charge in [0.15, 0.2) is 0 Å². The molecule has 0 spiro atoms. The molecule has 2 rings (SSSR count). The number of amides is 2. The zero-order chi connectivity index (χ0) is 16.1. The van der Waals surface area contributed by atoms with Crippen molar-refractivity contribution in [2.45, 2.75) is 58.5 Å². The molecule has 0 aliphatic heterocycles. The van der Waals surface area contributed by atoms with Crippen LogP contribution in [0.4, 0.5) is 4.79 Å². The molecule has 6 nitrogen and oxygen atoms in total. The largest absolute Gasteiger partial charge is 0.481 e. The van der Waals surface area contributed by atoms with Crippen LogP contribution in [0.2, 0.25) is 0 Å². The number of carbonyl (C=O) groups is 1. The fourth-order valence-corrected chi connectivity index (χ4v) is 3.34. The van der Waals surface area contributed by atoms with E-state index >= 15 is 0 Å². The maximum atomic E-state index is 12.1. The number of ether oxygens (including phenoxy) is 1. The Balaban J connectivity index is 1.85. The van der Waals surface area contributed by atoms with Crippen LogP contribution in [0.5, 0.6) is 5.88 Å². The molecule has 1 aromatic rings. The molecule has 22 heavy (non-hydrogen) atoms. The van der Waals surface area contributed by atoms with Crippen molar-refractivity contribution in [2.24, 2.45) is 13.0 Å². The van der Waals surface area contributed by atoms with Gasteiger partial charge in [-0.1, -0.05) is 26.2 Å². The molecule has 2 N–H and O–H groups in total. The topological polar surface area (TPSA) is 68.2 Å².